The molecule has 1 fully saturated rings. The van der Waals surface area contributed by atoms with Crippen LogP contribution in [0, 0.1) is 0 Å². The molecule has 0 aliphatic carbocycles. The molecule has 2 rings (SSSR count). The lowest BCUT2D eigenvalue weighted by molar-refractivity contribution is 0.799. The largest absolute Gasteiger partial charge is 0.373 e. The van der Waals surface area contributed by atoms with Crippen molar-refractivity contribution in [3.8, 4) is 0 Å². The lowest BCUT2D eigenvalue weighted by atomic mass is 10.2. The molecule has 4 nitrogen and oxygen atoms in total. The topological polar surface area (TPSA) is 49.8 Å². The molecule has 0 spiro atoms. The Morgan fingerprint density at radius 1 is 1.44 bits per heavy atom. The third-order valence-electron chi connectivity index (χ3n) is 2.43. The minimum Gasteiger partial charge on any atom is -0.373 e. The molecule has 0 bridgehead atoms. The van der Waals surface area contributed by atoms with Gasteiger partial charge in [-0.15, -0.1) is 0 Å². The molecule has 1 unspecified atom stereocenters. The van der Waals surface area contributed by atoms with Gasteiger partial charge >= 0.3 is 0 Å². The number of anilines is 2. The van der Waals surface area contributed by atoms with E-state index in [4.69, 9.17) is 0 Å². The summed E-state index contributed by atoms with van der Waals surface area (Å²) in [6.45, 7) is 0. The van der Waals surface area contributed by atoms with Gasteiger partial charge in [-0.25, -0.2) is 9.97 Å². The quantitative estimate of drug-likeness (QED) is 0.636. The zero-order chi connectivity index (χ0) is 11.4. The first-order chi connectivity index (χ1) is 7.81. The monoisotopic (exact) mass is 256 g/mol. The van der Waals surface area contributed by atoms with E-state index >= 15 is 0 Å². The molecular formula is C10H16N4S2. The maximum Gasteiger partial charge on any atom is 0.191 e. The van der Waals surface area contributed by atoms with Crippen LogP contribution in [0.4, 0.5) is 11.6 Å². The van der Waals surface area contributed by atoms with Gasteiger partial charge in [0.15, 0.2) is 5.16 Å². The summed E-state index contributed by atoms with van der Waals surface area (Å²) in [4.78, 5) is 8.80. The highest BCUT2D eigenvalue weighted by Gasteiger charge is 2.16. The molecule has 1 atom stereocenters. The van der Waals surface area contributed by atoms with Crippen molar-refractivity contribution in [1.29, 1.82) is 0 Å². The van der Waals surface area contributed by atoms with Gasteiger partial charge in [0, 0.05) is 24.9 Å². The van der Waals surface area contributed by atoms with Crippen molar-refractivity contribution in [2.24, 2.45) is 0 Å². The van der Waals surface area contributed by atoms with Crippen LogP contribution in [0.1, 0.15) is 6.42 Å². The predicted molar refractivity (Wildman–Crippen MR) is 72.7 cm³/mol. The normalized spacial score (nSPS) is 19.8. The van der Waals surface area contributed by atoms with Gasteiger partial charge in [-0.3, -0.25) is 0 Å². The van der Waals surface area contributed by atoms with E-state index in [0.717, 1.165) is 16.8 Å². The summed E-state index contributed by atoms with van der Waals surface area (Å²) in [6.07, 6.45) is 3.21. The second kappa shape index (κ2) is 5.63. The highest BCUT2D eigenvalue weighted by atomic mass is 32.2. The van der Waals surface area contributed by atoms with Gasteiger partial charge in [-0.05, 0) is 18.4 Å². The lowest BCUT2D eigenvalue weighted by Gasteiger charge is -2.13. The molecule has 2 heterocycles. The van der Waals surface area contributed by atoms with E-state index in [1.807, 2.05) is 31.1 Å². The first kappa shape index (κ1) is 11.9. The third kappa shape index (κ3) is 2.95. The van der Waals surface area contributed by atoms with Gasteiger partial charge < -0.3 is 10.6 Å². The average Bonchev–Trinajstić information content (AvgIpc) is 2.81. The highest BCUT2D eigenvalue weighted by Crippen LogP contribution is 2.22. The summed E-state index contributed by atoms with van der Waals surface area (Å²) < 4.78 is 0. The van der Waals surface area contributed by atoms with E-state index in [9.17, 15) is 0 Å². The first-order valence-corrected chi connectivity index (χ1v) is 7.65. The van der Waals surface area contributed by atoms with E-state index in [-0.39, 0.29) is 0 Å². The number of nitrogens with one attached hydrogen (secondary N) is 2. The van der Waals surface area contributed by atoms with Crippen molar-refractivity contribution < 1.29 is 0 Å². The second-order valence-corrected chi connectivity index (χ2v) is 5.50. The van der Waals surface area contributed by atoms with Crippen molar-refractivity contribution in [3.05, 3.63) is 6.07 Å². The Morgan fingerprint density at radius 3 is 2.88 bits per heavy atom. The fraction of sp³-hybridized carbons (Fsp3) is 0.600. The van der Waals surface area contributed by atoms with Gasteiger partial charge in [-0.2, -0.15) is 11.8 Å². The summed E-state index contributed by atoms with van der Waals surface area (Å²) in [6, 6.07) is 2.52. The van der Waals surface area contributed by atoms with Crippen LogP contribution in [0.5, 0.6) is 0 Å². The first-order valence-electron chi connectivity index (χ1n) is 5.27. The molecule has 1 aromatic heterocycles. The van der Waals surface area contributed by atoms with E-state index in [0.29, 0.717) is 6.04 Å². The zero-order valence-electron chi connectivity index (χ0n) is 9.49. The van der Waals surface area contributed by atoms with Crippen LogP contribution < -0.4 is 10.6 Å². The summed E-state index contributed by atoms with van der Waals surface area (Å²) in [5.74, 6) is 4.22. The van der Waals surface area contributed by atoms with E-state index in [1.165, 1.54) is 17.9 Å². The molecule has 16 heavy (non-hydrogen) atoms. The molecule has 2 N–H and O–H groups in total. The SMILES string of the molecule is CNc1cc(NC2CCSC2)nc(SC)n1. The van der Waals surface area contributed by atoms with Crippen LogP contribution in [0.3, 0.4) is 0 Å². The summed E-state index contributed by atoms with van der Waals surface area (Å²) in [5, 5.41) is 7.33. The lowest BCUT2D eigenvalue weighted by Crippen LogP contribution is -2.19. The highest BCUT2D eigenvalue weighted by molar-refractivity contribution is 7.99. The molecule has 0 radical (unpaired) electrons. The van der Waals surface area contributed by atoms with Crippen molar-refractivity contribution in [2.75, 3.05) is 35.4 Å². The maximum absolute atomic E-state index is 4.45. The van der Waals surface area contributed by atoms with Crippen LogP contribution in [0.15, 0.2) is 11.2 Å². The summed E-state index contributed by atoms with van der Waals surface area (Å²) in [5.41, 5.74) is 0. The van der Waals surface area contributed by atoms with E-state index in [1.54, 1.807) is 11.8 Å². The van der Waals surface area contributed by atoms with Crippen molar-refractivity contribution in [3.63, 3.8) is 0 Å². The van der Waals surface area contributed by atoms with Gasteiger partial charge in [0.1, 0.15) is 11.6 Å². The average molecular weight is 256 g/mol. The summed E-state index contributed by atoms with van der Waals surface area (Å²) in [7, 11) is 1.88. The second-order valence-electron chi connectivity index (χ2n) is 3.58. The molecule has 6 heteroatoms. The Labute approximate surface area is 104 Å². The Kier molecular flexibility index (Phi) is 4.17. The van der Waals surface area contributed by atoms with Gasteiger partial charge in [-0.1, -0.05) is 11.8 Å². The third-order valence-corrected chi connectivity index (χ3v) is 4.14. The van der Waals surface area contributed by atoms with Crippen LogP contribution in [-0.2, 0) is 0 Å². The summed E-state index contributed by atoms with van der Waals surface area (Å²) >= 11 is 3.56. The molecular weight excluding hydrogens is 240 g/mol. The van der Waals surface area contributed by atoms with Crippen LogP contribution in [0.25, 0.3) is 0 Å². The molecule has 1 aromatic rings. The number of aromatic nitrogens is 2. The molecule has 1 saturated heterocycles. The molecule has 1 aliphatic rings. The molecule has 88 valence electrons. The number of rotatable bonds is 4. The number of nitrogens with zero attached hydrogens (tertiary/aromatic N) is 2. The van der Waals surface area contributed by atoms with Gasteiger partial charge in [0.25, 0.3) is 0 Å². The molecule has 0 saturated carbocycles. The minimum absolute atomic E-state index is 0.555. The van der Waals surface area contributed by atoms with Crippen molar-refractivity contribution in [1.82, 2.24) is 9.97 Å². The maximum atomic E-state index is 4.45. The van der Waals surface area contributed by atoms with Crippen molar-refractivity contribution in [2.45, 2.75) is 17.6 Å². The fourth-order valence-corrected chi connectivity index (χ4v) is 3.11. The standard InChI is InChI=1S/C10H16N4S2/c1-11-8-5-9(14-10(13-8)15-2)12-7-3-4-16-6-7/h5,7H,3-4,6H2,1-2H3,(H2,11,12,13,14). The Morgan fingerprint density at radius 2 is 2.25 bits per heavy atom. The molecule has 0 amide bonds. The molecule has 1 aliphatic heterocycles. The number of thioether (sulfide) groups is 2. The van der Waals surface area contributed by atoms with Gasteiger partial charge in [0.2, 0.25) is 0 Å². The Bertz CT molecular complexity index is 330. The van der Waals surface area contributed by atoms with E-state index in [2.05, 4.69) is 20.6 Å². The fourth-order valence-electron chi connectivity index (χ4n) is 1.58. The van der Waals surface area contributed by atoms with Gasteiger partial charge in [0.05, 0.1) is 0 Å². The number of hydrogen-bond acceptors (Lipinski definition) is 6. The van der Waals surface area contributed by atoms with Crippen LogP contribution in [0.2, 0.25) is 0 Å². The minimum atomic E-state index is 0.555. The Balaban J connectivity index is 2.12. The smallest absolute Gasteiger partial charge is 0.191 e. The predicted octanol–water partition coefficient (Wildman–Crippen LogP) is 2.16. The zero-order valence-corrected chi connectivity index (χ0v) is 11.1. The van der Waals surface area contributed by atoms with Crippen LogP contribution >= 0.6 is 23.5 Å². The van der Waals surface area contributed by atoms with Crippen molar-refractivity contribution >= 4 is 35.2 Å². The van der Waals surface area contributed by atoms with E-state index < -0.39 is 0 Å². The molecule has 0 aromatic carbocycles. The Hall–Kier alpha value is -0.620. The number of hydrogen-bond donors (Lipinski definition) is 2. The van der Waals surface area contributed by atoms with Crippen LogP contribution in [-0.4, -0.2) is 40.8 Å².